The van der Waals surface area contributed by atoms with Gasteiger partial charge < -0.3 is 20.1 Å². The van der Waals surface area contributed by atoms with Crippen molar-refractivity contribution in [1.29, 1.82) is 0 Å². The molecule has 1 amide bonds. The molecule has 6 nitrogen and oxygen atoms in total. The van der Waals surface area contributed by atoms with Gasteiger partial charge in [0.1, 0.15) is 5.75 Å². The van der Waals surface area contributed by atoms with E-state index in [4.69, 9.17) is 9.47 Å². The Morgan fingerprint density at radius 3 is 2.15 bits per heavy atom. The van der Waals surface area contributed by atoms with Crippen LogP contribution in [0.3, 0.4) is 0 Å². The van der Waals surface area contributed by atoms with Crippen LogP contribution in [0.4, 0.5) is 11.4 Å². The molecule has 0 aliphatic carbocycles. The summed E-state index contributed by atoms with van der Waals surface area (Å²) in [5.41, 5.74) is 1.90. The molecule has 0 aliphatic rings. The van der Waals surface area contributed by atoms with E-state index in [0.717, 1.165) is 24.2 Å². The Balaban J connectivity index is 1.71. The van der Waals surface area contributed by atoms with Gasteiger partial charge >= 0.3 is 5.97 Å². The molecular weight excluding hydrogens is 344 g/mol. The van der Waals surface area contributed by atoms with Gasteiger partial charge in [0.15, 0.2) is 13.2 Å². The van der Waals surface area contributed by atoms with E-state index in [1.807, 2.05) is 56.3 Å². The predicted molar refractivity (Wildman–Crippen MR) is 105 cm³/mol. The summed E-state index contributed by atoms with van der Waals surface area (Å²) in [5, 5.41) is 6.07. The molecule has 0 aromatic heterocycles. The Bertz CT molecular complexity index is 713. The molecule has 0 radical (unpaired) electrons. The Hall–Kier alpha value is -3.02. The van der Waals surface area contributed by atoms with Crippen LogP contribution in [0.2, 0.25) is 0 Å². The molecular formula is C21H26N2O4. The van der Waals surface area contributed by atoms with Crippen LogP contribution in [-0.4, -0.2) is 31.1 Å². The fourth-order valence-electron chi connectivity index (χ4n) is 2.41. The second-order valence-electron chi connectivity index (χ2n) is 6.05. The second-order valence-corrected chi connectivity index (χ2v) is 6.05. The molecule has 0 bridgehead atoms. The Kier molecular flexibility index (Phi) is 8.16. The number of nitrogens with one attached hydrogen (secondary N) is 2. The molecule has 27 heavy (non-hydrogen) atoms. The van der Waals surface area contributed by atoms with Gasteiger partial charge in [0.05, 0.1) is 0 Å². The molecule has 0 unspecified atom stereocenters. The molecule has 0 aliphatic heterocycles. The summed E-state index contributed by atoms with van der Waals surface area (Å²) in [6.07, 6.45) is 1.68. The molecule has 144 valence electrons. The Morgan fingerprint density at radius 2 is 1.52 bits per heavy atom. The lowest BCUT2D eigenvalue weighted by Crippen LogP contribution is -2.37. The van der Waals surface area contributed by atoms with E-state index < -0.39 is 5.97 Å². The van der Waals surface area contributed by atoms with Crippen molar-refractivity contribution in [3.8, 4) is 5.75 Å². The van der Waals surface area contributed by atoms with Crippen LogP contribution in [0, 0.1) is 0 Å². The summed E-state index contributed by atoms with van der Waals surface area (Å²) < 4.78 is 10.3. The number of benzene rings is 2. The van der Waals surface area contributed by atoms with Gasteiger partial charge in [0.2, 0.25) is 0 Å². The summed E-state index contributed by atoms with van der Waals surface area (Å²) in [4.78, 5) is 23.4. The molecule has 2 rings (SSSR count). The standard InChI is InChI=1S/C21H26N2O4/c1-3-16(4-2)23-20(24)14-27-21(25)15-26-19-12-10-18(11-13-19)22-17-8-6-5-7-9-17/h5-13,16,22H,3-4,14-15H2,1-2H3,(H,23,24). The third-order valence-electron chi connectivity index (χ3n) is 3.99. The van der Waals surface area contributed by atoms with E-state index in [9.17, 15) is 9.59 Å². The molecule has 0 fully saturated rings. The number of anilines is 2. The highest BCUT2D eigenvalue weighted by atomic mass is 16.6. The maximum atomic E-state index is 11.7. The van der Waals surface area contributed by atoms with Crippen molar-refractivity contribution in [2.24, 2.45) is 0 Å². The monoisotopic (exact) mass is 370 g/mol. The maximum absolute atomic E-state index is 11.7. The van der Waals surface area contributed by atoms with Crippen molar-refractivity contribution >= 4 is 23.3 Å². The van der Waals surface area contributed by atoms with Gasteiger partial charge in [-0.3, -0.25) is 4.79 Å². The minimum Gasteiger partial charge on any atom is -0.482 e. The number of rotatable bonds is 10. The van der Waals surface area contributed by atoms with Crippen LogP contribution in [0.1, 0.15) is 26.7 Å². The van der Waals surface area contributed by atoms with Gasteiger partial charge in [-0.25, -0.2) is 4.79 Å². The number of para-hydroxylation sites is 1. The number of hydrogen-bond acceptors (Lipinski definition) is 5. The topological polar surface area (TPSA) is 76.7 Å². The van der Waals surface area contributed by atoms with Crippen molar-refractivity contribution in [1.82, 2.24) is 5.32 Å². The van der Waals surface area contributed by atoms with Crippen molar-refractivity contribution in [2.75, 3.05) is 18.5 Å². The number of hydrogen-bond donors (Lipinski definition) is 2. The zero-order valence-corrected chi connectivity index (χ0v) is 15.7. The fourth-order valence-corrected chi connectivity index (χ4v) is 2.41. The number of esters is 1. The summed E-state index contributed by atoms with van der Waals surface area (Å²) in [5.74, 6) is -0.332. The van der Waals surface area contributed by atoms with E-state index in [0.29, 0.717) is 5.75 Å². The normalized spacial score (nSPS) is 10.3. The summed E-state index contributed by atoms with van der Waals surface area (Å²) in [6, 6.07) is 17.2. The second kappa shape index (κ2) is 10.9. The number of carbonyl (C=O) groups is 2. The molecule has 0 spiro atoms. The first-order valence-electron chi connectivity index (χ1n) is 9.10. The molecule has 2 aromatic rings. The quantitative estimate of drug-likeness (QED) is 0.624. The lowest BCUT2D eigenvalue weighted by molar-refractivity contribution is -0.150. The van der Waals surface area contributed by atoms with E-state index in [1.165, 1.54) is 0 Å². The van der Waals surface area contributed by atoms with Crippen molar-refractivity contribution in [3.63, 3.8) is 0 Å². The number of ether oxygens (including phenoxy) is 2. The van der Waals surface area contributed by atoms with Crippen molar-refractivity contribution < 1.29 is 19.1 Å². The Morgan fingerprint density at radius 1 is 0.889 bits per heavy atom. The van der Waals surface area contributed by atoms with Crippen LogP contribution in [0.15, 0.2) is 54.6 Å². The van der Waals surface area contributed by atoms with Crippen molar-refractivity contribution in [2.45, 2.75) is 32.7 Å². The Labute approximate surface area is 159 Å². The first kappa shape index (κ1) is 20.3. The zero-order chi connectivity index (χ0) is 19.5. The van der Waals surface area contributed by atoms with Crippen molar-refractivity contribution in [3.05, 3.63) is 54.6 Å². The third-order valence-corrected chi connectivity index (χ3v) is 3.99. The highest BCUT2D eigenvalue weighted by Gasteiger charge is 2.11. The van der Waals surface area contributed by atoms with E-state index in [-0.39, 0.29) is 25.2 Å². The first-order chi connectivity index (χ1) is 13.1. The molecule has 0 atom stereocenters. The predicted octanol–water partition coefficient (Wildman–Crippen LogP) is 3.66. The van der Waals surface area contributed by atoms with Crippen LogP contribution in [-0.2, 0) is 14.3 Å². The van der Waals surface area contributed by atoms with Crippen LogP contribution in [0.25, 0.3) is 0 Å². The minimum absolute atomic E-state index is 0.107. The minimum atomic E-state index is -0.582. The summed E-state index contributed by atoms with van der Waals surface area (Å²) in [6.45, 7) is 3.45. The number of carbonyl (C=O) groups excluding carboxylic acids is 2. The maximum Gasteiger partial charge on any atom is 0.344 e. The highest BCUT2D eigenvalue weighted by molar-refractivity contribution is 5.81. The third kappa shape index (κ3) is 7.40. The highest BCUT2D eigenvalue weighted by Crippen LogP contribution is 2.19. The number of amides is 1. The van der Waals surface area contributed by atoms with Crippen LogP contribution < -0.4 is 15.4 Å². The molecule has 6 heteroatoms. The van der Waals surface area contributed by atoms with Crippen LogP contribution >= 0.6 is 0 Å². The molecule has 0 heterocycles. The van der Waals surface area contributed by atoms with Gasteiger partial charge in [-0.15, -0.1) is 0 Å². The first-order valence-corrected chi connectivity index (χ1v) is 9.10. The van der Waals surface area contributed by atoms with Gasteiger partial charge in [-0.05, 0) is 49.2 Å². The van der Waals surface area contributed by atoms with E-state index in [2.05, 4.69) is 10.6 Å². The average Bonchev–Trinajstić information content (AvgIpc) is 2.70. The summed E-state index contributed by atoms with van der Waals surface area (Å²) in [7, 11) is 0. The van der Waals surface area contributed by atoms with E-state index in [1.54, 1.807) is 12.1 Å². The van der Waals surface area contributed by atoms with Gasteiger partial charge in [0.25, 0.3) is 5.91 Å². The van der Waals surface area contributed by atoms with Gasteiger partial charge in [0, 0.05) is 17.4 Å². The van der Waals surface area contributed by atoms with E-state index >= 15 is 0 Å². The fraction of sp³-hybridized carbons (Fsp3) is 0.333. The molecule has 2 aromatic carbocycles. The SMILES string of the molecule is CCC(CC)NC(=O)COC(=O)COc1ccc(Nc2ccccc2)cc1. The largest absolute Gasteiger partial charge is 0.482 e. The molecule has 0 saturated carbocycles. The lowest BCUT2D eigenvalue weighted by Gasteiger charge is -2.14. The smallest absolute Gasteiger partial charge is 0.344 e. The van der Waals surface area contributed by atoms with Crippen LogP contribution in [0.5, 0.6) is 5.75 Å². The lowest BCUT2D eigenvalue weighted by atomic mass is 10.2. The molecule has 2 N–H and O–H groups in total. The van der Waals surface area contributed by atoms with Gasteiger partial charge in [-0.1, -0.05) is 32.0 Å². The average molecular weight is 370 g/mol. The molecule has 0 saturated heterocycles. The summed E-state index contributed by atoms with van der Waals surface area (Å²) >= 11 is 0. The zero-order valence-electron chi connectivity index (χ0n) is 15.7. The van der Waals surface area contributed by atoms with Gasteiger partial charge in [-0.2, -0.15) is 0 Å².